The van der Waals surface area contributed by atoms with Crippen molar-refractivity contribution in [2.75, 3.05) is 13.7 Å². The topological polar surface area (TPSA) is 41.1 Å². The van der Waals surface area contributed by atoms with Gasteiger partial charge in [-0.15, -0.1) is 0 Å². The lowest BCUT2D eigenvalue weighted by molar-refractivity contribution is -0.121. The summed E-state index contributed by atoms with van der Waals surface area (Å²) in [5, 5.41) is 5.56. The van der Waals surface area contributed by atoms with Crippen molar-refractivity contribution < 1.29 is 4.79 Å². The Morgan fingerprint density at radius 2 is 2.15 bits per heavy atom. The van der Waals surface area contributed by atoms with E-state index in [-0.39, 0.29) is 5.91 Å². The highest BCUT2D eigenvalue weighted by Gasteiger charge is 1.99. The van der Waals surface area contributed by atoms with Crippen molar-refractivity contribution in [1.82, 2.24) is 10.6 Å². The van der Waals surface area contributed by atoms with Gasteiger partial charge in [0, 0.05) is 6.42 Å². The van der Waals surface area contributed by atoms with E-state index in [0.29, 0.717) is 13.1 Å². The second kappa shape index (κ2) is 7.55. The Morgan fingerprint density at radius 3 is 2.69 bits per heavy atom. The third kappa shape index (κ3) is 7.28. The summed E-state index contributed by atoms with van der Waals surface area (Å²) in [6.07, 6.45) is 5.07. The molecule has 0 radical (unpaired) electrons. The SMILES string of the molecule is C=C(/C=C/C)CCC(=O)NCNC. The minimum absolute atomic E-state index is 0.0556. The molecule has 0 saturated heterocycles. The molecular formula is C10H18N2O. The van der Waals surface area contributed by atoms with Gasteiger partial charge >= 0.3 is 0 Å². The number of rotatable bonds is 6. The molecule has 0 aliphatic carbocycles. The average molecular weight is 182 g/mol. The van der Waals surface area contributed by atoms with Gasteiger partial charge in [-0.3, -0.25) is 4.79 Å². The third-order valence-corrected chi connectivity index (χ3v) is 1.54. The zero-order chi connectivity index (χ0) is 10.1. The lowest BCUT2D eigenvalue weighted by atomic mass is 10.1. The van der Waals surface area contributed by atoms with Crippen LogP contribution in [0, 0.1) is 0 Å². The van der Waals surface area contributed by atoms with Crippen molar-refractivity contribution in [2.24, 2.45) is 0 Å². The monoisotopic (exact) mass is 182 g/mol. The molecule has 0 aromatic rings. The minimum Gasteiger partial charge on any atom is -0.344 e. The van der Waals surface area contributed by atoms with Gasteiger partial charge in [-0.05, 0) is 20.4 Å². The van der Waals surface area contributed by atoms with Gasteiger partial charge < -0.3 is 10.6 Å². The zero-order valence-electron chi connectivity index (χ0n) is 8.39. The third-order valence-electron chi connectivity index (χ3n) is 1.54. The Bertz CT molecular complexity index is 197. The van der Waals surface area contributed by atoms with Crippen LogP contribution in [0.3, 0.4) is 0 Å². The fourth-order valence-electron chi connectivity index (χ4n) is 0.868. The second-order valence-corrected chi connectivity index (χ2v) is 2.79. The quantitative estimate of drug-likeness (QED) is 0.478. The fraction of sp³-hybridized carbons (Fsp3) is 0.500. The maximum atomic E-state index is 11.1. The van der Waals surface area contributed by atoms with Crippen LogP contribution in [0.4, 0.5) is 0 Å². The molecule has 0 saturated carbocycles. The molecule has 0 bridgehead atoms. The molecule has 13 heavy (non-hydrogen) atoms. The maximum absolute atomic E-state index is 11.1. The first-order valence-electron chi connectivity index (χ1n) is 4.42. The molecule has 74 valence electrons. The van der Waals surface area contributed by atoms with Gasteiger partial charge in [0.1, 0.15) is 0 Å². The summed E-state index contributed by atoms with van der Waals surface area (Å²) in [7, 11) is 1.79. The van der Waals surface area contributed by atoms with Crippen molar-refractivity contribution in [3.63, 3.8) is 0 Å². The molecule has 0 aromatic carbocycles. The highest BCUT2D eigenvalue weighted by Crippen LogP contribution is 2.03. The highest BCUT2D eigenvalue weighted by atomic mass is 16.1. The Balaban J connectivity index is 3.52. The van der Waals surface area contributed by atoms with E-state index in [1.807, 2.05) is 19.1 Å². The Morgan fingerprint density at radius 1 is 1.46 bits per heavy atom. The number of carbonyl (C=O) groups is 1. The van der Waals surface area contributed by atoms with Crippen molar-refractivity contribution in [1.29, 1.82) is 0 Å². The summed E-state index contributed by atoms with van der Waals surface area (Å²) in [6.45, 7) is 6.27. The number of nitrogens with one attached hydrogen (secondary N) is 2. The molecule has 3 nitrogen and oxygen atoms in total. The number of hydrogen-bond acceptors (Lipinski definition) is 2. The van der Waals surface area contributed by atoms with Gasteiger partial charge in [-0.1, -0.05) is 24.3 Å². The van der Waals surface area contributed by atoms with Crippen molar-refractivity contribution in [3.05, 3.63) is 24.3 Å². The summed E-state index contributed by atoms with van der Waals surface area (Å²) in [4.78, 5) is 11.1. The Labute approximate surface area is 79.9 Å². The smallest absolute Gasteiger partial charge is 0.221 e. The van der Waals surface area contributed by atoms with Gasteiger partial charge in [-0.2, -0.15) is 0 Å². The summed E-state index contributed by atoms with van der Waals surface area (Å²) >= 11 is 0. The first-order valence-corrected chi connectivity index (χ1v) is 4.42. The first kappa shape index (κ1) is 11.9. The van der Waals surface area contributed by atoms with Crippen LogP contribution in [-0.4, -0.2) is 19.6 Å². The predicted octanol–water partition coefficient (Wildman–Crippen LogP) is 1.19. The molecule has 0 atom stereocenters. The molecule has 0 aliphatic heterocycles. The van der Waals surface area contributed by atoms with E-state index in [9.17, 15) is 4.79 Å². The summed E-state index contributed by atoms with van der Waals surface area (Å²) in [5.74, 6) is 0.0556. The Kier molecular flexibility index (Phi) is 6.92. The number of hydrogen-bond donors (Lipinski definition) is 2. The van der Waals surface area contributed by atoms with E-state index < -0.39 is 0 Å². The highest BCUT2D eigenvalue weighted by molar-refractivity contribution is 5.76. The molecule has 2 N–H and O–H groups in total. The van der Waals surface area contributed by atoms with Gasteiger partial charge in [0.05, 0.1) is 6.67 Å². The van der Waals surface area contributed by atoms with Gasteiger partial charge in [0.15, 0.2) is 0 Å². The lowest BCUT2D eigenvalue weighted by Gasteiger charge is -2.03. The average Bonchev–Trinajstić information content (AvgIpc) is 2.12. The van der Waals surface area contributed by atoms with Crippen LogP contribution in [0.1, 0.15) is 19.8 Å². The number of carbonyl (C=O) groups excluding carboxylic acids is 1. The van der Waals surface area contributed by atoms with Crippen LogP contribution < -0.4 is 10.6 Å². The normalized spacial score (nSPS) is 10.3. The summed E-state index contributed by atoms with van der Waals surface area (Å²) < 4.78 is 0. The molecule has 1 amide bonds. The van der Waals surface area contributed by atoms with E-state index in [1.54, 1.807) is 7.05 Å². The first-order chi connectivity index (χ1) is 6.20. The van der Waals surface area contributed by atoms with Gasteiger partial charge in [-0.25, -0.2) is 0 Å². The van der Waals surface area contributed by atoms with Crippen LogP contribution in [0.2, 0.25) is 0 Å². The van der Waals surface area contributed by atoms with Crippen LogP contribution in [0.5, 0.6) is 0 Å². The number of amides is 1. The second-order valence-electron chi connectivity index (χ2n) is 2.79. The molecule has 0 aliphatic rings. The Hall–Kier alpha value is -1.09. The molecule has 0 spiro atoms. The van der Waals surface area contributed by atoms with Crippen LogP contribution in [-0.2, 0) is 4.79 Å². The van der Waals surface area contributed by atoms with E-state index in [4.69, 9.17) is 0 Å². The van der Waals surface area contributed by atoms with E-state index in [2.05, 4.69) is 17.2 Å². The zero-order valence-corrected chi connectivity index (χ0v) is 8.39. The maximum Gasteiger partial charge on any atom is 0.221 e. The standard InChI is InChI=1S/C10H18N2O/c1-4-5-9(2)6-7-10(13)12-8-11-3/h4-5,11H,2,6-8H2,1,3H3,(H,12,13)/b5-4+. The van der Waals surface area contributed by atoms with Crippen molar-refractivity contribution >= 4 is 5.91 Å². The largest absolute Gasteiger partial charge is 0.344 e. The molecule has 3 heteroatoms. The molecule has 0 rings (SSSR count). The minimum atomic E-state index is 0.0556. The molecular weight excluding hydrogens is 164 g/mol. The van der Waals surface area contributed by atoms with Crippen LogP contribution in [0.15, 0.2) is 24.3 Å². The molecule has 0 heterocycles. The molecule has 0 fully saturated rings. The van der Waals surface area contributed by atoms with Gasteiger partial charge in [0.25, 0.3) is 0 Å². The fourth-order valence-corrected chi connectivity index (χ4v) is 0.868. The van der Waals surface area contributed by atoms with Crippen LogP contribution in [0.25, 0.3) is 0 Å². The summed E-state index contributed by atoms with van der Waals surface area (Å²) in [5.41, 5.74) is 0.988. The van der Waals surface area contributed by atoms with Gasteiger partial charge in [0.2, 0.25) is 5.91 Å². The van der Waals surface area contributed by atoms with E-state index >= 15 is 0 Å². The van der Waals surface area contributed by atoms with E-state index in [0.717, 1.165) is 12.0 Å². The predicted molar refractivity (Wildman–Crippen MR) is 55.3 cm³/mol. The lowest BCUT2D eigenvalue weighted by Crippen LogP contribution is -2.31. The number of allylic oxidation sites excluding steroid dienone is 3. The van der Waals surface area contributed by atoms with Crippen molar-refractivity contribution in [2.45, 2.75) is 19.8 Å². The molecule has 0 aromatic heterocycles. The van der Waals surface area contributed by atoms with Crippen LogP contribution >= 0.6 is 0 Å². The molecule has 0 unspecified atom stereocenters. The van der Waals surface area contributed by atoms with Crippen molar-refractivity contribution in [3.8, 4) is 0 Å². The summed E-state index contributed by atoms with van der Waals surface area (Å²) in [6, 6.07) is 0. The van der Waals surface area contributed by atoms with E-state index in [1.165, 1.54) is 0 Å².